The predicted octanol–water partition coefficient (Wildman–Crippen LogP) is 3.04. The van der Waals surface area contributed by atoms with E-state index in [-0.39, 0.29) is 22.1 Å². The van der Waals surface area contributed by atoms with Crippen molar-refractivity contribution in [3.8, 4) is 5.75 Å². The molecule has 1 aliphatic heterocycles. The number of nitrogens with zero attached hydrogens (tertiary/aromatic N) is 1. The maximum atomic E-state index is 12.9. The summed E-state index contributed by atoms with van der Waals surface area (Å²) in [6.07, 6.45) is 1.68. The first-order chi connectivity index (χ1) is 12.4. The van der Waals surface area contributed by atoms with Crippen molar-refractivity contribution in [2.24, 2.45) is 0 Å². The fourth-order valence-electron chi connectivity index (χ4n) is 3.01. The lowest BCUT2D eigenvalue weighted by molar-refractivity contribution is 0.102. The molecule has 2 aromatic rings. The van der Waals surface area contributed by atoms with Gasteiger partial charge in [0, 0.05) is 24.3 Å². The summed E-state index contributed by atoms with van der Waals surface area (Å²) in [5.41, 5.74) is 1.95. The van der Waals surface area contributed by atoms with E-state index in [4.69, 9.17) is 4.74 Å². The molecule has 2 aromatic carbocycles. The van der Waals surface area contributed by atoms with E-state index in [2.05, 4.69) is 5.32 Å². The molecule has 1 aliphatic rings. The van der Waals surface area contributed by atoms with Crippen LogP contribution < -0.4 is 10.1 Å². The monoisotopic (exact) mass is 374 g/mol. The molecule has 0 atom stereocenters. The summed E-state index contributed by atoms with van der Waals surface area (Å²) in [5.74, 6) is -0.125. The first-order valence-electron chi connectivity index (χ1n) is 8.48. The van der Waals surface area contributed by atoms with E-state index in [0.29, 0.717) is 18.8 Å². The molecule has 0 aliphatic carbocycles. The third kappa shape index (κ3) is 3.73. The van der Waals surface area contributed by atoms with Crippen molar-refractivity contribution in [2.75, 3.05) is 25.5 Å². The van der Waals surface area contributed by atoms with Crippen LogP contribution in [-0.4, -0.2) is 38.8 Å². The number of sulfonamides is 1. The molecular weight excluding hydrogens is 352 g/mol. The molecule has 1 amide bonds. The van der Waals surface area contributed by atoms with Gasteiger partial charge in [0.1, 0.15) is 10.6 Å². The highest BCUT2D eigenvalue weighted by Crippen LogP contribution is 2.30. The van der Waals surface area contributed by atoms with Crippen LogP contribution in [0.2, 0.25) is 0 Å². The maximum absolute atomic E-state index is 12.9. The third-order valence-electron chi connectivity index (χ3n) is 4.38. The first kappa shape index (κ1) is 18.4. The number of hydrogen-bond acceptors (Lipinski definition) is 4. The van der Waals surface area contributed by atoms with Crippen molar-refractivity contribution in [1.82, 2.24) is 4.31 Å². The Hall–Kier alpha value is -2.38. The Labute approximate surface area is 153 Å². The Morgan fingerprint density at radius 2 is 1.85 bits per heavy atom. The SMILES string of the molecule is COc1ccc(C(=O)Nc2cccc(C)c2)cc1S(=O)(=O)N1CCCC1. The van der Waals surface area contributed by atoms with E-state index >= 15 is 0 Å². The molecule has 0 saturated carbocycles. The van der Waals surface area contributed by atoms with E-state index in [1.54, 1.807) is 12.1 Å². The van der Waals surface area contributed by atoms with E-state index in [9.17, 15) is 13.2 Å². The summed E-state index contributed by atoms with van der Waals surface area (Å²) in [6, 6.07) is 11.9. The summed E-state index contributed by atoms with van der Waals surface area (Å²) in [7, 11) is -2.27. The minimum Gasteiger partial charge on any atom is -0.495 e. The molecule has 6 nitrogen and oxygen atoms in total. The quantitative estimate of drug-likeness (QED) is 0.873. The predicted molar refractivity (Wildman–Crippen MR) is 100 cm³/mol. The number of carbonyl (C=O) groups excluding carboxylic acids is 1. The van der Waals surface area contributed by atoms with Gasteiger partial charge in [-0.15, -0.1) is 0 Å². The summed E-state index contributed by atoms with van der Waals surface area (Å²) in [5, 5.41) is 2.80. The molecule has 0 radical (unpaired) electrons. The number of nitrogens with one attached hydrogen (secondary N) is 1. The topological polar surface area (TPSA) is 75.7 Å². The normalized spacial score (nSPS) is 15.0. The standard InChI is InChI=1S/C19H22N2O4S/c1-14-6-5-7-16(12-14)20-19(22)15-8-9-17(25-2)18(13-15)26(23,24)21-10-3-4-11-21/h5-9,12-13H,3-4,10-11H2,1-2H3,(H,20,22). The van der Waals surface area contributed by atoms with E-state index < -0.39 is 10.0 Å². The van der Waals surface area contributed by atoms with Gasteiger partial charge >= 0.3 is 0 Å². The van der Waals surface area contributed by atoms with Crippen molar-refractivity contribution in [3.05, 3.63) is 53.6 Å². The van der Waals surface area contributed by atoms with Crippen LogP contribution in [0.4, 0.5) is 5.69 Å². The smallest absolute Gasteiger partial charge is 0.255 e. The number of benzene rings is 2. The van der Waals surface area contributed by atoms with Crippen molar-refractivity contribution in [2.45, 2.75) is 24.7 Å². The second-order valence-corrected chi connectivity index (χ2v) is 8.21. The summed E-state index contributed by atoms with van der Waals surface area (Å²) in [4.78, 5) is 12.6. The molecule has 1 heterocycles. The lowest BCUT2D eigenvalue weighted by atomic mass is 10.2. The highest BCUT2D eigenvalue weighted by molar-refractivity contribution is 7.89. The Kier molecular flexibility index (Phi) is 5.29. The van der Waals surface area contributed by atoms with Crippen molar-refractivity contribution in [3.63, 3.8) is 0 Å². The van der Waals surface area contributed by atoms with Crippen LogP contribution in [0.3, 0.4) is 0 Å². The van der Waals surface area contributed by atoms with Gasteiger partial charge < -0.3 is 10.1 Å². The van der Waals surface area contributed by atoms with Crippen LogP contribution in [0.25, 0.3) is 0 Å². The summed E-state index contributed by atoms with van der Waals surface area (Å²) in [6.45, 7) is 2.92. The van der Waals surface area contributed by atoms with Crippen LogP contribution >= 0.6 is 0 Å². The molecule has 1 saturated heterocycles. The number of aryl methyl sites for hydroxylation is 1. The lowest BCUT2D eigenvalue weighted by Gasteiger charge is -2.18. The van der Waals surface area contributed by atoms with Crippen LogP contribution in [0.1, 0.15) is 28.8 Å². The fraction of sp³-hybridized carbons (Fsp3) is 0.316. The number of anilines is 1. The zero-order chi connectivity index (χ0) is 18.7. The van der Waals surface area contributed by atoms with Gasteiger partial charge in [-0.25, -0.2) is 8.42 Å². The number of rotatable bonds is 5. The second kappa shape index (κ2) is 7.47. The number of methoxy groups -OCH3 is 1. The highest BCUT2D eigenvalue weighted by Gasteiger charge is 2.30. The molecular formula is C19H22N2O4S. The van der Waals surface area contributed by atoms with Gasteiger partial charge in [0.15, 0.2) is 0 Å². The molecule has 7 heteroatoms. The minimum absolute atomic E-state index is 0.0267. The third-order valence-corrected chi connectivity index (χ3v) is 6.30. The van der Waals surface area contributed by atoms with Gasteiger partial charge in [-0.2, -0.15) is 4.31 Å². The van der Waals surface area contributed by atoms with Crippen molar-refractivity contribution >= 4 is 21.6 Å². The Morgan fingerprint density at radius 1 is 1.12 bits per heavy atom. The zero-order valence-corrected chi connectivity index (χ0v) is 15.7. The molecule has 26 heavy (non-hydrogen) atoms. The van der Waals surface area contributed by atoms with Crippen LogP contribution in [0.5, 0.6) is 5.75 Å². The Morgan fingerprint density at radius 3 is 2.50 bits per heavy atom. The molecule has 1 fully saturated rings. The summed E-state index contributed by atoms with van der Waals surface area (Å²) >= 11 is 0. The Balaban J connectivity index is 1.93. The molecule has 3 rings (SSSR count). The number of carbonyl (C=O) groups is 1. The number of ether oxygens (including phenoxy) is 1. The van der Waals surface area contributed by atoms with Crippen molar-refractivity contribution < 1.29 is 17.9 Å². The molecule has 1 N–H and O–H groups in total. The molecule has 138 valence electrons. The van der Waals surface area contributed by atoms with Crippen LogP contribution in [-0.2, 0) is 10.0 Å². The molecule has 0 aromatic heterocycles. The van der Waals surface area contributed by atoms with E-state index in [1.807, 2.05) is 25.1 Å². The molecule has 0 spiro atoms. The first-order valence-corrected chi connectivity index (χ1v) is 9.92. The van der Waals surface area contributed by atoms with Gasteiger partial charge in [0.25, 0.3) is 5.91 Å². The van der Waals surface area contributed by atoms with Crippen molar-refractivity contribution in [1.29, 1.82) is 0 Å². The van der Waals surface area contributed by atoms with Gasteiger partial charge in [-0.05, 0) is 55.7 Å². The molecule has 0 unspecified atom stereocenters. The maximum Gasteiger partial charge on any atom is 0.255 e. The van der Waals surface area contributed by atoms with Gasteiger partial charge in [0.2, 0.25) is 10.0 Å². The zero-order valence-electron chi connectivity index (χ0n) is 14.9. The average Bonchev–Trinajstić information content (AvgIpc) is 3.16. The minimum atomic E-state index is -3.69. The molecule has 0 bridgehead atoms. The van der Waals surface area contributed by atoms with Crippen LogP contribution in [0, 0.1) is 6.92 Å². The number of amides is 1. The summed E-state index contributed by atoms with van der Waals surface area (Å²) < 4.78 is 32.5. The average molecular weight is 374 g/mol. The number of hydrogen-bond donors (Lipinski definition) is 1. The van der Waals surface area contributed by atoms with E-state index in [0.717, 1.165) is 18.4 Å². The largest absolute Gasteiger partial charge is 0.495 e. The van der Waals surface area contributed by atoms with E-state index in [1.165, 1.54) is 23.5 Å². The lowest BCUT2D eigenvalue weighted by Crippen LogP contribution is -2.28. The van der Waals surface area contributed by atoms with Crippen LogP contribution in [0.15, 0.2) is 47.4 Å². The van der Waals surface area contributed by atoms with Gasteiger partial charge in [-0.3, -0.25) is 4.79 Å². The Bertz CT molecular complexity index is 919. The van der Waals surface area contributed by atoms with Gasteiger partial charge in [0.05, 0.1) is 7.11 Å². The van der Waals surface area contributed by atoms with Gasteiger partial charge in [-0.1, -0.05) is 12.1 Å². The highest BCUT2D eigenvalue weighted by atomic mass is 32.2. The fourth-order valence-corrected chi connectivity index (χ4v) is 4.71. The second-order valence-electron chi connectivity index (χ2n) is 6.30.